The van der Waals surface area contributed by atoms with Crippen LogP contribution >= 0.6 is 11.3 Å². The Morgan fingerprint density at radius 1 is 1.25 bits per heavy atom. The molecule has 2 aromatic heterocycles. The lowest BCUT2D eigenvalue weighted by Gasteiger charge is -2.25. The van der Waals surface area contributed by atoms with Gasteiger partial charge in [0.25, 0.3) is 0 Å². The smallest absolute Gasteiger partial charge is 0.229 e. The van der Waals surface area contributed by atoms with Crippen LogP contribution in [0.25, 0.3) is 10.6 Å². The first-order chi connectivity index (χ1) is 15.7. The van der Waals surface area contributed by atoms with Crippen molar-refractivity contribution in [3.63, 3.8) is 0 Å². The molecule has 4 rings (SSSR count). The van der Waals surface area contributed by atoms with Crippen LogP contribution in [0.1, 0.15) is 24.1 Å². The van der Waals surface area contributed by atoms with Crippen LogP contribution in [0.15, 0.2) is 48.1 Å². The van der Waals surface area contributed by atoms with E-state index in [2.05, 4.69) is 4.98 Å². The maximum Gasteiger partial charge on any atom is 0.229 e. The Kier molecular flexibility index (Phi) is 7.34. The Bertz CT molecular complexity index is 1030. The van der Waals surface area contributed by atoms with Crippen LogP contribution in [-0.2, 0) is 22.5 Å². The minimum absolute atomic E-state index is 0.0357. The van der Waals surface area contributed by atoms with Gasteiger partial charge in [-0.15, -0.1) is 11.3 Å². The van der Waals surface area contributed by atoms with Crippen molar-refractivity contribution in [2.45, 2.75) is 31.9 Å². The predicted octanol–water partition coefficient (Wildman–Crippen LogP) is 3.97. The summed E-state index contributed by atoms with van der Waals surface area (Å²) >= 11 is 1.51. The van der Waals surface area contributed by atoms with Crippen LogP contribution in [0.5, 0.6) is 11.5 Å². The molecule has 1 fully saturated rings. The maximum absolute atomic E-state index is 13.2. The molecule has 32 heavy (non-hydrogen) atoms. The van der Waals surface area contributed by atoms with Gasteiger partial charge in [0.05, 0.1) is 32.4 Å². The minimum atomic E-state index is 0.0357. The second-order valence-electron chi connectivity index (χ2n) is 7.66. The van der Waals surface area contributed by atoms with E-state index in [4.69, 9.17) is 19.2 Å². The molecule has 0 bridgehead atoms. The first-order valence-corrected chi connectivity index (χ1v) is 11.5. The fourth-order valence-electron chi connectivity index (χ4n) is 3.76. The molecule has 0 saturated carbocycles. The molecule has 1 saturated heterocycles. The predicted molar refractivity (Wildman–Crippen MR) is 123 cm³/mol. The molecular formula is C24H27N3O4S. The normalized spacial score (nSPS) is 15.5. The van der Waals surface area contributed by atoms with Gasteiger partial charge in [0, 0.05) is 43.0 Å². The van der Waals surface area contributed by atoms with Gasteiger partial charge in [0.15, 0.2) is 11.5 Å². The van der Waals surface area contributed by atoms with Gasteiger partial charge in [-0.05, 0) is 42.7 Å². The summed E-state index contributed by atoms with van der Waals surface area (Å²) in [4.78, 5) is 24.0. The Balaban J connectivity index is 1.47. The summed E-state index contributed by atoms with van der Waals surface area (Å²) < 4.78 is 16.5. The highest BCUT2D eigenvalue weighted by Gasteiger charge is 2.23. The monoisotopic (exact) mass is 453 g/mol. The van der Waals surface area contributed by atoms with E-state index in [9.17, 15) is 4.79 Å². The third-order valence-corrected chi connectivity index (χ3v) is 6.35. The third kappa shape index (κ3) is 5.44. The summed E-state index contributed by atoms with van der Waals surface area (Å²) in [5, 5.41) is 2.78. The molecule has 168 valence electrons. The van der Waals surface area contributed by atoms with E-state index >= 15 is 0 Å². The lowest BCUT2D eigenvalue weighted by molar-refractivity contribution is -0.132. The number of thiazole rings is 1. The van der Waals surface area contributed by atoms with Crippen molar-refractivity contribution in [2.75, 3.05) is 27.4 Å². The molecule has 1 atom stereocenters. The Morgan fingerprint density at radius 3 is 2.84 bits per heavy atom. The number of ether oxygens (including phenoxy) is 3. The van der Waals surface area contributed by atoms with Gasteiger partial charge in [0.1, 0.15) is 5.01 Å². The van der Waals surface area contributed by atoms with Crippen LogP contribution in [0.3, 0.4) is 0 Å². The zero-order valence-electron chi connectivity index (χ0n) is 18.3. The standard InChI is InChI=1S/C24H27N3O4S/c1-29-21-8-7-18(11-22(21)30-2)24-26-19(16-32-24)12-23(28)27(15-20-6-4-10-31-20)14-17-5-3-9-25-13-17/h3,5,7-9,11,13,16,20H,4,6,10,12,14-15H2,1-2H3. The van der Waals surface area contributed by atoms with Crippen molar-refractivity contribution in [1.29, 1.82) is 0 Å². The van der Waals surface area contributed by atoms with Crippen LogP contribution in [-0.4, -0.2) is 54.3 Å². The number of nitrogens with zero attached hydrogens (tertiary/aromatic N) is 3. The van der Waals surface area contributed by atoms with Crippen molar-refractivity contribution < 1.29 is 19.0 Å². The largest absolute Gasteiger partial charge is 0.493 e. The first kappa shape index (κ1) is 22.2. The molecule has 0 N–H and O–H groups in total. The fourth-order valence-corrected chi connectivity index (χ4v) is 4.57. The van der Waals surface area contributed by atoms with Gasteiger partial charge in [-0.2, -0.15) is 0 Å². The highest BCUT2D eigenvalue weighted by Crippen LogP contribution is 2.33. The number of hydrogen-bond donors (Lipinski definition) is 0. The second kappa shape index (κ2) is 10.6. The number of benzene rings is 1. The van der Waals surface area contributed by atoms with E-state index < -0.39 is 0 Å². The van der Waals surface area contributed by atoms with Crippen LogP contribution in [0, 0.1) is 0 Å². The molecule has 0 radical (unpaired) electrons. The average molecular weight is 454 g/mol. The summed E-state index contributed by atoms with van der Waals surface area (Å²) in [6, 6.07) is 9.58. The molecule has 0 aliphatic carbocycles. The second-order valence-corrected chi connectivity index (χ2v) is 8.52. The van der Waals surface area contributed by atoms with Gasteiger partial charge < -0.3 is 19.1 Å². The van der Waals surface area contributed by atoms with Gasteiger partial charge in [-0.3, -0.25) is 9.78 Å². The molecule has 3 heterocycles. The first-order valence-electron chi connectivity index (χ1n) is 10.6. The molecule has 8 heteroatoms. The SMILES string of the molecule is COc1ccc(-c2nc(CC(=O)N(Cc3cccnc3)CC3CCCO3)cs2)cc1OC. The molecule has 1 amide bonds. The molecule has 1 aliphatic heterocycles. The maximum atomic E-state index is 13.2. The number of rotatable bonds is 9. The number of aromatic nitrogens is 2. The molecule has 1 aliphatic rings. The van der Waals surface area contributed by atoms with Crippen molar-refractivity contribution in [3.8, 4) is 22.1 Å². The Labute approximate surface area is 192 Å². The average Bonchev–Trinajstić information content (AvgIpc) is 3.51. The molecule has 1 aromatic carbocycles. The number of amides is 1. The number of pyridine rings is 1. The van der Waals surface area contributed by atoms with E-state index in [1.165, 1.54) is 11.3 Å². The highest BCUT2D eigenvalue weighted by molar-refractivity contribution is 7.13. The summed E-state index contributed by atoms with van der Waals surface area (Å²) in [6.45, 7) is 1.86. The lowest BCUT2D eigenvalue weighted by atomic mass is 10.2. The summed E-state index contributed by atoms with van der Waals surface area (Å²) in [6.07, 6.45) is 5.90. The Morgan fingerprint density at radius 2 is 2.12 bits per heavy atom. The molecular weight excluding hydrogens is 426 g/mol. The molecule has 1 unspecified atom stereocenters. The number of carbonyl (C=O) groups is 1. The highest BCUT2D eigenvalue weighted by atomic mass is 32.1. The molecule has 0 spiro atoms. The minimum Gasteiger partial charge on any atom is -0.493 e. The van der Waals surface area contributed by atoms with E-state index in [1.807, 2.05) is 40.6 Å². The molecule has 3 aromatic rings. The lowest BCUT2D eigenvalue weighted by Crippen LogP contribution is -2.37. The van der Waals surface area contributed by atoms with Crippen LogP contribution in [0.2, 0.25) is 0 Å². The summed E-state index contributed by atoms with van der Waals surface area (Å²) in [5.41, 5.74) is 2.69. The number of hydrogen-bond acceptors (Lipinski definition) is 7. The van der Waals surface area contributed by atoms with Gasteiger partial charge in [-0.25, -0.2) is 4.98 Å². The quantitative estimate of drug-likeness (QED) is 0.488. The van der Waals surface area contributed by atoms with Crippen LogP contribution < -0.4 is 9.47 Å². The number of carbonyl (C=O) groups excluding carboxylic acids is 1. The van der Waals surface area contributed by atoms with E-state index in [-0.39, 0.29) is 18.4 Å². The topological polar surface area (TPSA) is 73.8 Å². The summed E-state index contributed by atoms with van der Waals surface area (Å²) in [7, 11) is 3.22. The van der Waals surface area contributed by atoms with E-state index in [0.29, 0.717) is 24.6 Å². The number of methoxy groups -OCH3 is 2. The fraction of sp³-hybridized carbons (Fsp3) is 0.375. The zero-order valence-corrected chi connectivity index (χ0v) is 19.1. The van der Waals surface area contributed by atoms with Crippen molar-refractivity contribution >= 4 is 17.2 Å². The zero-order chi connectivity index (χ0) is 22.3. The van der Waals surface area contributed by atoms with E-state index in [0.717, 1.165) is 41.3 Å². The van der Waals surface area contributed by atoms with Crippen molar-refractivity contribution in [2.24, 2.45) is 0 Å². The third-order valence-electron chi connectivity index (χ3n) is 5.41. The van der Waals surface area contributed by atoms with Gasteiger partial charge >= 0.3 is 0 Å². The van der Waals surface area contributed by atoms with E-state index in [1.54, 1.807) is 26.6 Å². The Hall–Kier alpha value is -2.97. The van der Waals surface area contributed by atoms with Crippen LogP contribution in [0.4, 0.5) is 0 Å². The van der Waals surface area contributed by atoms with Gasteiger partial charge in [0.2, 0.25) is 5.91 Å². The summed E-state index contributed by atoms with van der Waals surface area (Å²) in [5.74, 6) is 1.36. The van der Waals surface area contributed by atoms with Crippen molar-refractivity contribution in [1.82, 2.24) is 14.9 Å². The van der Waals surface area contributed by atoms with Crippen molar-refractivity contribution in [3.05, 3.63) is 59.4 Å². The molecule has 7 nitrogen and oxygen atoms in total. The van der Waals surface area contributed by atoms with Gasteiger partial charge in [-0.1, -0.05) is 6.07 Å².